The molecule has 5 nitrogen and oxygen atoms in total. The quantitative estimate of drug-likeness (QED) is 0.467. The third-order valence-corrected chi connectivity index (χ3v) is 6.43. The lowest BCUT2D eigenvalue weighted by Gasteiger charge is -2.19. The summed E-state index contributed by atoms with van der Waals surface area (Å²) in [4.78, 5) is 39.5. The first-order valence-corrected chi connectivity index (χ1v) is 9.84. The van der Waals surface area contributed by atoms with Crippen LogP contribution in [0, 0.1) is 23.7 Å². The number of imide groups is 1. The maximum Gasteiger partial charge on any atom is 0.315 e. The molecule has 2 aliphatic carbocycles. The van der Waals surface area contributed by atoms with Crippen LogP contribution in [0.1, 0.15) is 24.8 Å². The number of carbonyl (C=O) groups is 3. The second kappa shape index (κ2) is 6.59. The van der Waals surface area contributed by atoms with Crippen molar-refractivity contribution in [1.82, 2.24) is 0 Å². The average Bonchev–Trinajstić information content (AvgIpc) is 3.36. The Morgan fingerprint density at radius 3 is 2.29 bits per heavy atom. The molecule has 142 valence electrons. The van der Waals surface area contributed by atoms with Gasteiger partial charge in [-0.15, -0.1) is 0 Å². The van der Waals surface area contributed by atoms with E-state index in [0.717, 1.165) is 24.8 Å². The molecule has 5 heteroatoms. The van der Waals surface area contributed by atoms with Gasteiger partial charge < -0.3 is 4.74 Å². The fraction of sp³-hybridized carbons (Fsp3) is 0.348. The summed E-state index contributed by atoms with van der Waals surface area (Å²) in [6.45, 7) is 0. The van der Waals surface area contributed by atoms with Gasteiger partial charge in [-0.05, 0) is 48.8 Å². The molecular formula is C23H21NO4. The van der Waals surface area contributed by atoms with Gasteiger partial charge in [0.15, 0.2) is 0 Å². The maximum atomic E-state index is 13.0. The highest BCUT2D eigenvalue weighted by Crippen LogP contribution is 2.56. The summed E-state index contributed by atoms with van der Waals surface area (Å²) in [5.74, 6) is 0.180. The first-order valence-electron chi connectivity index (χ1n) is 9.84. The number of fused-ring (bicyclic) bond motifs is 5. The van der Waals surface area contributed by atoms with Crippen LogP contribution >= 0.6 is 0 Å². The zero-order valence-electron chi connectivity index (χ0n) is 15.4. The van der Waals surface area contributed by atoms with Crippen LogP contribution in [-0.4, -0.2) is 17.8 Å². The average molecular weight is 375 g/mol. The summed E-state index contributed by atoms with van der Waals surface area (Å²) in [5, 5.41) is 0. The van der Waals surface area contributed by atoms with Crippen molar-refractivity contribution in [2.75, 3.05) is 4.90 Å². The Morgan fingerprint density at radius 2 is 1.61 bits per heavy atom. The molecular weight excluding hydrogens is 354 g/mol. The number of hydrogen-bond donors (Lipinski definition) is 0. The minimum atomic E-state index is -0.377. The molecule has 1 aliphatic heterocycles. The van der Waals surface area contributed by atoms with Gasteiger partial charge in [-0.2, -0.15) is 0 Å². The molecule has 0 unspecified atom stereocenters. The molecule has 3 aliphatic rings. The van der Waals surface area contributed by atoms with E-state index in [9.17, 15) is 14.4 Å². The van der Waals surface area contributed by atoms with E-state index in [-0.39, 0.29) is 36.0 Å². The Kier molecular flexibility index (Phi) is 4.04. The molecule has 0 radical (unpaired) electrons. The van der Waals surface area contributed by atoms with Crippen LogP contribution in [0.3, 0.4) is 0 Å². The van der Waals surface area contributed by atoms with Crippen molar-refractivity contribution in [1.29, 1.82) is 0 Å². The summed E-state index contributed by atoms with van der Waals surface area (Å²) in [6.07, 6.45) is 3.28. The van der Waals surface area contributed by atoms with E-state index in [1.165, 1.54) is 4.90 Å². The Labute approximate surface area is 163 Å². The molecule has 2 aromatic rings. The number of nitrogens with zero attached hydrogens (tertiary/aromatic N) is 1. The standard InChI is InChI=1S/C23H21NO4/c25-19(11-14-5-2-1-3-6-14)28-18-8-4-7-17(13-18)24-22(26)20-15-9-10-16(12-15)21(20)23(24)27/h1-8,13,15-16,20-21H,9-12H2/t15-,16-,20-,21+/m0/s1. The van der Waals surface area contributed by atoms with Crippen molar-refractivity contribution < 1.29 is 19.1 Å². The van der Waals surface area contributed by atoms with Gasteiger partial charge >= 0.3 is 5.97 Å². The fourth-order valence-electron chi connectivity index (χ4n) is 5.28. The lowest BCUT2D eigenvalue weighted by molar-refractivity contribution is -0.133. The highest BCUT2D eigenvalue weighted by Gasteiger charge is 2.61. The molecule has 0 N–H and O–H groups in total. The third-order valence-electron chi connectivity index (χ3n) is 6.43. The molecule has 1 heterocycles. The number of rotatable bonds is 4. The van der Waals surface area contributed by atoms with Gasteiger partial charge in [0.25, 0.3) is 0 Å². The minimum absolute atomic E-state index is 0.0880. The normalized spacial score (nSPS) is 27.9. The first-order chi connectivity index (χ1) is 13.6. The van der Waals surface area contributed by atoms with E-state index in [1.807, 2.05) is 30.3 Å². The van der Waals surface area contributed by atoms with Gasteiger partial charge in [-0.3, -0.25) is 14.4 Å². The Bertz CT molecular complexity index is 926. The predicted octanol–water partition coefficient (Wildman–Crippen LogP) is 3.37. The Balaban J connectivity index is 1.34. The fourth-order valence-corrected chi connectivity index (χ4v) is 5.28. The van der Waals surface area contributed by atoms with Gasteiger partial charge in [0.2, 0.25) is 11.8 Å². The topological polar surface area (TPSA) is 63.7 Å². The molecule has 0 aromatic heterocycles. The minimum Gasteiger partial charge on any atom is -0.426 e. The number of hydrogen-bond acceptors (Lipinski definition) is 4. The van der Waals surface area contributed by atoms with Gasteiger partial charge in [0, 0.05) is 6.07 Å². The number of esters is 1. The van der Waals surface area contributed by atoms with Crippen molar-refractivity contribution in [3.8, 4) is 5.75 Å². The SMILES string of the molecule is O=C(Cc1ccccc1)Oc1cccc(N2C(=O)[C@@H]3[C@H]4CC[C@@H](C4)[C@@H]3C2=O)c1. The maximum absolute atomic E-state index is 13.0. The van der Waals surface area contributed by atoms with Crippen molar-refractivity contribution >= 4 is 23.5 Å². The largest absolute Gasteiger partial charge is 0.426 e. The van der Waals surface area contributed by atoms with Crippen LogP contribution in [0.25, 0.3) is 0 Å². The van der Waals surface area contributed by atoms with Crippen molar-refractivity contribution in [3.63, 3.8) is 0 Å². The van der Waals surface area contributed by atoms with Crippen molar-refractivity contribution in [2.24, 2.45) is 23.7 Å². The highest BCUT2D eigenvalue weighted by atomic mass is 16.5. The summed E-state index contributed by atoms with van der Waals surface area (Å²) in [7, 11) is 0. The molecule has 3 fully saturated rings. The monoisotopic (exact) mass is 375 g/mol. The molecule has 2 saturated carbocycles. The highest BCUT2D eigenvalue weighted by molar-refractivity contribution is 6.22. The third kappa shape index (κ3) is 2.73. The van der Waals surface area contributed by atoms with E-state index in [0.29, 0.717) is 23.3 Å². The lowest BCUT2D eigenvalue weighted by Crippen LogP contribution is -2.32. The van der Waals surface area contributed by atoms with Gasteiger partial charge in [0.05, 0.1) is 23.9 Å². The molecule has 0 spiro atoms. The van der Waals surface area contributed by atoms with E-state index in [1.54, 1.807) is 24.3 Å². The summed E-state index contributed by atoms with van der Waals surface area (Å²) >= 11 is 0. The van der Waals surface area contributed by atoms with Crippen LogP contribution in [0.5, 0.6) is 5.75 Å². The zero-order chi connectivity index (χ0) is 19.3. The van der Waals surface area contributed by atoms with Gasteiger partial charge in [-0.1, -0.05) is 36.4 Å². The molecule has 2 bridgehead atoms. The predicted molar refractivity (Wildman–Crippen MR) is 103 cm³/mol. The van der Waals surface area contributed by atoms with E-state index < -0.39 is 0 Å². The lowest BCUT2D eigenvalue weighted by atomic mass is 9.81. The van der Waals surface area contributed by atoms with Crippen LogP contribution in [0.2, 0.25) is 0 Å². The van der Waals surface area contributed by atoms with Crippen LogP contribution < -0.4 is 9.64 Å². The van der Waals surface area contributed by atoms with Gasteiger partial charge in [-0.25, -0.2) is 4.90 Å². The Morgan fingerprint density at radius 1 is 0.929 bits per heavy atom. The van der Waals surface area contributed by atoms with Crippen LogP contribution in [-0.2, 0) is 20.8 Å². The molecule has 4 atom stereocenters. The van der Waals surface area contributed by atoms with Gasteiger partial charge in [0.1, 0.15) is 5.75 Å². The summed E-state index contributed by atoms with van der Waals surface area (Å²) in [5.41, 5.74) is 1.37. The zero-order valence-corrected chi connectivity index (χ0v) is 15.4. The number of anilines is 1. The van der Waals surface area contributed by atoms with E-state index in [2.05, 4.69) is 0 Å². The number of carbonyl (C=O) groups excluding carboxylic acids is 3. The van der Waals surface area contributed by atoms with E-state index >= 15 is 0 Å². The van der Waals surface area contributed by atoms with E-state index in [4.69, 9.17) is 4.74 Å². The van der Waals surface area contributed by atoms with Crippen molar-refractivity contribution in [2.45, 2.75) is 25.7 Å². The van der Waals surface area contributed by atoms with Crippen LogP contribution in [0.4, 0.5) is 5.69 Å². The smallest absolute Gasteiger partial charge is 0.315 e. The first kappa shape index (κ1) is 17.2. The Hall–Kier alpha value is -2.95. The number of benzene rings is 2. The molecule has 1 saturated heterocycles. The molecule has 2 amide bonds. The molecule has 28 heavy (non-hydrogen) atoms. The second-order valence-corrected chi connectivity index (χ2v) is 8.03. The van der Waals surface area contributed by atoms with Crippen LogP contribution in [0.15, 0.2) is 54.6 Å². The van der Waals surface area contributed by atoms with Crippen molar-refractivity contribution in [3.05, 3.63) is 60.2 Å². The summed E-state index contributed by atoms with van der Waals surface area (Å²) in [6, 6.07) is 16.1. The molecule has 5 rings (SSSR count). The second-order valence-electron chi connectivity index (χ2n) is 8.03. The summed E-state index contributed by atoms with van der Waals surface area (Å²) < 4.78 is 5.45. The number of ether oxygens (including phenoxy) is 1. The molecule has 2 aromatic carbocycles. The number of amides is 2.